The number of nitrogens with one attached hydrogen (secondary N) is 2. The van der Waals surface area contributed by atoms with Crippen LogP contribution in [0.15, 0.2) is 46.9 Å². The molecule has 110 valence electrons. The lowest BCUT2D eigenvalue weighted by molar-refractivity contribution is 0.102. The zero-order chi connectivity index (χ0) is 15.2. The second-order valence-corrected chi connectivity index (χ2v) is 5.86. The van der Waals surface area contributed by atoms with Crippen LogP contribution in [-0.2, 0) is 0 Å². The van der Waals surface area contributed by atoms with E-state index >= 15 is 0 Å². The van der Waals surface area contributed by atoms with E-state index in [1.807, 2.05) is 49.4 Å². The third-order valence-corrected chi connectivity index (χ3v) is 3.49. The van der Waals surface area contributed by atoms with E-state index in [0.717, 1.165) is 34.4 Å². The third kappa shape index (κ3) is 4.33. The number of carbonyl (C=O) groups excluding carboxylic acids is 1. The fraction of sp³-hybridized carbons (Fsp3) is 0.235. The number of halogens is 1. The topological polar surface area (TPSA) is 41.1 Å². The number of anilines is 2. The Kier molecular flexibility index (Phi) is 5.39. The largest absolute Gasteiger partial charge is 0.384 e. The number of rotatable bonds is 5. The van der Waals surface area contributed by atoms with Gasteiger partial charge < -0.3 is 10.6 Å². The number of hydrogen-bond donors (Lipinski definition) is 2. The van der Waals surface area contributed by atoms with Crippen molar-refractivity contribution in [2.75, 3.05) is 17.2 Å². The van der Waals surface area contributed by atoms with Crippen LogP contribution in [0.2, 0.25) is 0 Å². The van der Waals surface area contributed by atoms with Gasteiger partial charge in [0.05, 0.1) is 5.56 Å². The maximum absolute atomic E-state index is 12.5. The van der Waals surface area contributed by atoms with E-state index in [-0.39, 0.29) is 5.91 Å². The number of para-hydroxylation sites is 1. The summed E-state index contributed by atoms with van der Waals surface area (Å²) in [7, 11) is 0. The minimum absolute atomic E-state index is 0.105. The SMILES string of the molecule is CCCNc1ccccc1C(=O)Nc1cc(C)cc(Br)c1. The lowest BCUT2D eigenvalue weighted by Gasteiger charge is -2.12. The Morgan fingerprint density at radius 2 is 1.95 bits per heavy atom. The molecule has 2 aromatic carbocycles. The van der Waals surface area contributed by atoms with Gasteiger partial charge in [-0.2, -0.15) is 0 Å². The van der Waals surface area contributed by atoms with E-state index < -0.39 is 0 Å². The minimum Gasteiger partial charge on any atom is -0.384 e. The lowest BCUT2D eigenvalue weighted by atomic mass is 10.1. The first-order chi connectivity index (χ1) is 10.1. The fourth-order valence-electron chi connectivity index (χ4n) is 2.10. The van der Waals surface area contributed by atoms with Crippen molar-refractivity contribution in [2.45, 2.75) is 20.3 Å². The highest BCUT2D eigenvalue weighted by Gasteiger charge is 2.11. The molecule has 0 atom stereocenters. The van der Waals surface area contributed by atoms with E-state index in [1.165, 1.54) is 0 Å². The van der Waals surface area contributed by atoms with Crippen LogP contribution in [0.4, 0.5) is 11.4 Å². The Hall–Kier alpha value is -1.81. The molecule has 0 aliphatic rings. The van der Waals surface area contributed by atoms with Crippen molar-refractivity contribution in [2.24, 2.45) is 0 Å². The predicted molar refractivity (Wildman–Crippen MR) is 92.1 cm³/mol. The second kappa shape index (κ2) is 7.27. The van der Waals surface area contributed by atoms with E-state index in [1.54, 1.807) is 0 Å². The van der Waals surface area contributed by atoms with Gasteiger partial charge in [-0.1, -0.05) is 35.0 Å². The van der Waals surface area contributed by atoms with E-state index in [4.69, 9.17) is 0 Å². The maximum Gasteiger partial charge on any atom is 0.257 e. The van der Waals surface area contributed by atoms with Crippen LogP contribution in [-0.4, -0.2) is 12.5 Å². The van der Waals surface area contributed by atoms with Gasteiger partial charge >= 0.3 is 0 Å². The number of carbonyl (C=O) groups is 1. The average molecular weight is 347 g/mol. The highest BCUT2D eigenvalue weighted by molar-refractivity contribution is 9.10. The van der Waals surface area contributed by atoms with Crippen LogP contribution in [0, 0.1) is 6.92 Å². The van der Waals surface area contributed by atoms with E-state index in [9.17, 15) is 4.79 Å². The Labute approximate surface area is 133 Å². The molecule has 0 saturated heterocycles. The molecule has 2 N–H and O–H groups in total. The molecule has 0 fully saturated rings. The third-order valence-electron chi connectivity index (χ3n) is 3.04. The Morgan fingerprint density at radius 1 is 1.19 bits per heavy atom. The van der Waals surface area contributed by atoms with Crippen LogP contribution < -0.4 is 10.6 Å². The van der Waals surface area contributed by atoms with Crippen molar-refractivity contribution in [3.8, 4) is 0 Å². The summed E-state index contributed by atoms with van der Waals surface area (Å²) in [4.78, 5) is 12.5. The molecule has 0 aromatic heterocycles. The summed E-state index contributed by atoms with van der Waals surface area (Å²) in [5.74, 6) is -0.105. The highest BCUT2D eigenvalue weighted by Crippen LogP contribution is 2.21. The summed E-state index contributed by atoms with van der Waals surface area (Å²) < 4.78 is 0.954. The number of hydrogen-bond acceptors (Lipinski definition) is 2. The average Bonchev–Trinajstić information content (AvgIpc) is 2.44. The predicted octanol–water partition coefficient (Wildman–Crippen LogP) is 4.83. The number of aryl methyl sites for hydroxylation is 1. The normalized spacial score (nSPS) is 10.2. The van der Waals surface area contributed by atoms with Gasteiger partial charge in [-0.05, 0) is 49.2 Å². The van der Waals surface area contributed by atoms with Crippen molar-refractivity contribution >= 4 is 33.2 Å². The standard InChI is InChI=1S/C17H19BrN2O/c1-3-8-19-16-7-5-4-6-15(16)17(21)20-14-10-12(2)9-13(18)11-14/h4-7,9-11,19H,3,8H2,1-2H3,(H,20,21). The van der Waals surface area contributed by atoms with Gasteiger partial charge in [0.15, 0.2) is 0 Å². The van der Waals surface area contributed by atoms with Crippen LogP contribution in [0.3, 0.4) is 0 Å². The van der Waals surface area contributed by atoms with Crippen molar-refractivity contribution < 1.29 is 4.79 Å². The molecule has 3 nitrogen and oxygen atoms in total. The van der Waals surface area contributed by atoms with Gasteiger partial charge in [0.1, 0.15) is 0 Å². The van der Waals surface area contributed by atoms with Crippen LogP contribution in [0.5, 0.6) is 0 Å². The van der Waals surface area contributed by atoms with Crippen molar-refractivity contribution in [1.82, 2.24) is 0 Å². The van der Waals surface area contributed by atoms with Gasteiger partial charge in [-0.3, -0.25) is 4.79 Å². The first-order valence-corrected chi connectivity index (χ1v) is 7.81. The smallest absolute Gasteiger partial charge is 0.257 e. The molecule has 0 heterocycles. The van der Waals surface area contributed by atoms with Crippen LogP contribution in [0.1, 0.15) is 29.3 Å². The minimum atomic E-state index is -0.105. The van der Waals surface area contributed by atoms with Crippen LogP contribution >= 0.6 is 15.9 Å². The van der Waals surface area contributed by atoms with Crippen LogP contribution in [0.25, 0.3) is 0 Å². The molecule has 2 aromatic rings. The fourth-order valence-corrected chi connectivity index (χ4v) is 2.71. The lowest BCUT2D eigenvalue weighted by Crippen LogP contribution is -2.15. The molecule has 4 heteroatoms. The molecule has 0 radical (unpaired) electrons. The molecule has 2 rings (SSSR count). The van der Waals surface area contributed by atoms with E-state index in [2.05, 4.69) is 33.5 Å². The van der Waals surface area contributed by atoms with Gasteiger partial charge in [0, 0.05) is 22.4 Å². The Morgan fingerprint density at radius 3 is 2.67 bits per heavy atom. The molecule has 0 aliphatic carbocycles. The monoisotopic (exact) mass is 346 g/mol. The summed E-state index contributed by atoms with van der Waals surface area (Å²) in [6.45, 7) is 4.94. The molecule has 0 bridgehead atoms. The molecule has 0 saturated carbocycles. The quantitative estimate of drug-likeness (QED) is 0.813. The van der Waals surface area contributed by atoms with Gasteiger partial charge in [0.25, 0.3) is 5.91 Å². The molecule has 0 spiro atoms. The summed E-state index contributed by atoms with van der Waals surface area (Å²) in [5, 5.41) is 6.23. The molecule has 0 aliphatic heterocycles. The summed E-state index contributed by atoms with van der Waals surface area (Å²) in [6.07, 6.45) is 1.01. The molecular formula is C17H19BrN2O. The summed E-state index contributed by atoms with van der Waals surface area (Å²) >= 11 is 3.44. The second-order valence-electron chi connectivity index (χ2n) is 4.94. The first-order valence-electron chi connectivity index (χ1n) is 7.01. The maximum atomic E-state index is 12.5. The highest BCUT2D eigenvalue weighted by atomic mass is 79.9. The van der Waals surface area contributed by atoms with Gasteiger partial charge in [0.2, 0.25) is 0 Å². The zero-order valence-electron chi connectivity index (χ0n) is 12.2. The zero-order valence-corrected chi connectivity index (χ0v) is 13.8. The Balaban J connectivity index is 2.20. The van der Waals surface area contributed by atoms with Crippen molar-refractivity contribution in [3.05, 3.63) is 58.1 Å². The van der Waals surface area contributed by atoms with Gasteiger partial charge in [-0.25, -0.2) is 0 Å². The first kappa shape index (κ1) is 15.6. The molecular weight excluding hydrogens is 328 g/mol. The van der Waals surface area contributed by atoms with Crippen molar-refractivity contribution in [3.63, 3.8) is 0 Å². The van der Waals surface area contributed by atoms with E-state index in [0.29, 0.717) is 5.56 Å². The summed E-state index contributed by atoms with van der Waals surface area (Å²) in [6, 6.07) is 13.4. The molecule has 1 amide bonds. The van der Waals surface area contributed by atoms with Crippen molar-refractivity contribution in [1.29, 1.82) is 0 Å². The summed E-state index contributed by atoms with van der Waals surface area (Å²) in [5.41, 5.74) is 3.40. The Bertz CT molecular complexity index is 620. The number of benzene rings is 2. The molecule has 0 unspecified atom stereocenters. The molecule has 21 heavy (non-hydrogen) atoms. The van der Waals surface area contributed by atoms with Gasteiger partial charge in [-0.15, -0.1) is 0 Å². The number of amides is 1.